The number of carbonyl (C=O) groups excluding carboxylic acids is 2. The van der Waals surface area contributed by atoms with E-state index in [2.05, 4.69) is 27.5 Å². The fraction of sp³-hybridized carbons (Fsp3) is 0.179. The maximum absolute atomic E-state index is 14.4. The number of carbonyl (C=O) groups is 2. The highest BCUT2D eigenvalue weighted by Crippen LogP contribution is 2.37. The number of amides is 2. The molecular formula is C28H23Cl3F3N5O3. The highest BCUT2D eigenvalue weighted by Gasteiger charge is 2.22. The fourth-order valence-electron chi connectivity index (χ4n) is 3.86. The van der Waals surface area contributed by atoms with Crippen LogP contribution in [-0.2, 0) is 18.4 Å². The Morgan fingerprint density at radius 3 is 2.55 bits per heavy atom. The molecule has 0 unspecified atom stereocenters. The molecule has 0 aliphatic rings. The molecule has 14 heteroatoms. The van der Waals surface area contributed by atoms with Crippen LogP contribution in [0.2, 0.25) is 15.1 Å². The van der Waals surface area contributed by atoms with Gasteiger partial charge in [0, 0.05) is 25.2 Å². The number of nitrogens with zero attached hydrogens (tertiary/aromatic N) is 2. The van der Waals surface area contributed by atoms with Gasteiger partial charge in [0.05, 0.1) is 43.0 Å². The van der Waals surface area contributed by atoms with Crippen LogP contribution in [0.1, 0.15) is 22.8 Å². The zero-order valence-electron chi connectivity index (χ0n) is 22.1. The van der Waals surface area contributed by atoms with Crippen molar-refractivity contribution in [2.45, 2.75) is 19.9 Å². The third-order valence-corrected chi connectivity index (χ3v) is 7.06. The molecule has 220 valence electrons. The van der Waals surface area contributed by atoms with Crippen molar-refractivity contribution in [3.63, 3.8) is 0 Å². The van der Waals surface area contributed by atoms with Crippen LogP contribution in [-0.4, -0.2) is 34.4 Å². The van der Waals surface area contributed by atoms with Crippen LogP contribution in [0.25, 0.3) is 11.0 Å². The van der Waals surface area contributed by atoms with E-state index in [1.54, 1.807) is 30.7 Å². The Hall–Kier alpha value is -3.93. The lowest BCUT2D eigenvalue weighted by Crippen LogP contribution is -2.23. The van der Waals surface area contributed by atoms with E-state index in [9.17, 15) is 22.8 Å². The zero-order valence-corrected chi connectivity index (χ0v) is 24.4. The third kappa shape index (κ3) is 6.75. The standard InChI is InChI=1S/C28H23Cl3F3N5O3/c1-13(2)26(40)35-11-14-7-8-17(30)25(23(14)31)38-28-37-19-9-15(21(42-12-22(32)33)10-20(19)39(28)3)27(41)36-18-6-4-5-16(29)24(18)34/h4-10,22H,1,11-12H2,2-3H3,(H,35,40)(H,36,41)(H,37,38). The van der Waals surface area contributed by atoms with E-state index >= 15 is 0 Å². The Morgan fingerprint density at radius 1 is 1.12 bits per heavy atom. The molecule has 0 saturated heterocycles. The minimum atomic E-state index is -2.82. The van der Waals surface area contributed by atoms with Crippen LogP contribution in [0.15, 0.2) is 54.6 Å². The number of rotatable bonds is 10. The lowest BCUT2D eigenvalue weighted by atomic mass is 10.1. The van der Waals surface area contributed by atoms with Crippen LogP contribution < -0.4 is 20.7 Å². The van der Waals surface area contributed by atoms with Gasteiger partial charge < -0.3 is 25.3 Å². The molecule has 1 heterocycles. The first-order chi connectivity index (χ1) is 19.9. The van der Waals surface area contributed by atoms with E-state index in [0.717, 1.165) is 0 Å². The Bertz CT molecular complexity index is 1710. The van der Waals surface area contributed by atoms with Gasteiger partial charge in [0.1, 0.15) is 12.4 Å². The number of hydrogen-bond acceptors (Lipinski definition) is 5. The molecule has 0 aliphatic heterocycles. The molecule has 0 bridgehead atoms. The second-order valence-corrected chi connectivity index (χ2v) is 10.3. The summed E-state index contributed by atoms with van der Waals surface area (Å²) >= 11 is 18.8. The van der Waals surface area contributed by atoms with Crippen molar-refractivity contribution >= 4 is 75.0 Å². The monoisotopic (exact) mass is 639 g/mol. The smallest absolute Gasteiger partial charge is 0.272 e. The maximum Gasteiger partial charge on any atom is 0.272 e. The SMILES string of the molecule is C=C(C)C(=O)NCc1ccc(Cl)c(Nc2nc3cc(C(=O)Nc4cccc(Cl)c4F)c(OCC(F)F)cc3n2C)c1Cl. The van der Waals surface area contributed by atoms with Crippen LogP contribution >= 0.6 is 34.8 Å². The van der Waals surface area contributed by atoms with E-state index in [1.165, 1.54) is 30.3 Å². The van der Waals surface area contributed by atoms with Crippen LogP contribution in [0.3, 0.4) is 0 Å². The lowest BCUT2D eigenvalue weighted by Gasteiger charge is -2.14. The maximum atomic E-state index is 14.4. The summed E-state index contributed by atoms with van der Waals surface area (Å²) in [7, 11) is 1.63. The highest BCUT2D eigenvalue weighted by molar-refractivity contribution is 6.39. The summed E-state index contributed by atoms with van der Waals surface area (Å²) in [5.41, 5.74) is 1.50. The summed E-state index contributed by atoms with van der Waals surface area (Å²) in [5.74, 6) is -1.98. The summed E-state index contributed by atoms with van der Waals surface area (Å²) in [4.78, 5) is 29.6. The Balaban J connectivity index is 1.71. The largest absolute Gasteiger partial charge is 0.487 e. The molecule has 4 rings (SSSR count). The zero-order chi connectivity index (χ0) is 30.7. The molecule has 2 amide bonds. The number of ether oxygens (including phenoxy) is 1. The number of halogens is 6. The number of hydrogen-bond donors (Lipinski definition) is 3. The van der Waals surface area contributed by atoms with Crippen LogP contribution in [0, 0.1) is 5.82 Å². The third-order valence-electron chi connectivity index (χ3n) is 6.03. The van der Waals surface area contributed by atoms with E-state index in [1.807, 2.05) is 0 Å². The first kappa shape index (κ1) is 31.0. The van der Waals surface area contributed by atoms with Gasteiger partial charge in [-0.05, 0) is 36.8 Å². The Kier molecular flexibility index (Phi) is 9.55. The van der Waals surface area contributed by atoms with Crippen molar-refractivity contribution in [1.82, 2.24) is 14.9 Å². The number of anilines is 3. The van der Waals surface area contributed by atoms with Gasteiger partial charge in [-0.25, -0.2) is 18.2 Å². The molecule has 1 aromatic heterocycles. The van der Waals surface area contributed by atoms with Crippen molar-refractivity contribution in [3.05, 3.63) is 86.6 Å². The van der Waals surface area contributed by atoms with Gasteiger partial charge in [-0.15, -0.1) is 0 Å². The minimum absolute atomic E-state index is 0.107. The van der Waals surface area contributed by atoms with E-state index in [0.29, 0.717) is 22.3 Å². The fourth-order valence-corrected chi connectivity index (χ4v) is 4.56. The number of imidazole rings is 1. The molecule has 0 saturated carbocycles. The average Bonchev–Trinajstić information content (AvgIpc) is 3.24. The van der Waals surface area contributed by atoms with Gasteiger partial charge in [0.2, 0.25) is 11.9 Å². The average molecular weight is 641 g/mol. The van der Waals surface area contributed by atoms with Gasteiger partial charge in [0.25, 0.3) is 12.3 Å². The summed E-state index contributed by atoms with van der Waals surface area (Å²) in [6.07, 6.45) is -2.82. The molecule has 0 atom stereocenters. The van der Waals surface area contributed by atoms with E-state index in [-0.39, 0.29) is 56.0 Å². The van der Waals surface area contributed by atoms with Crippen molar-refractivity contribution in [2.75, 3.05) is 17.2 Å². The minimum Gasteiger partial charge on any atom is -0.487 e. The molecule has 0 aliphatic carbocycles. The van der Waals surface area contributed by atoms with Gasteiger partial charge in [-0.1, -0.05) is 53.5 Å². The van der Waals surface area contributed by atoms with Crippen molar-refractivity contribution in [1.29, 1.82) is 0 Å². The van der Waals surface area contributed by atoms with E-state index < -0.39 is 24.8 Å². The topological polar surface area (TPSA) is 97.3 Å². The number of aryl methyl sites for hydroxylation is 1. The second kappa shape index (κ2) is 12.9. The first-order valence-electron chi connectivity index (χ1n) is 12.2. The predicted octanol–water partition coefficient (Wildman–Crippen LogP) is 7.50. The van der Waals surface area contributed by atoms with Crippen molar-refractivity contribution < 1.29 is 27.5 Å². The van der Waals surface area contributed by atoms with Gasteiger partial charge in [-0.2, -0.15) is 0 Å². The number of nitrogens with one attached hydrogen (secondary N) is 3. The summed E-state index contributed by atoms with van der Waals surface area (Å²) in [6.45, 7) is 4.29. The first-order valence-corrected chi connectivity index (χ1v) is 13.3. The molecular weight excluding hydrogens is 618 g/mol. The quantitative estimate of drug-likeness (QED) is 0.156. The van der Waals surface area contributed by atoms with Gasteiger partial charge in [-0.3, -0.25) is 9.59 Å². The van der Waals surface area contributed by atoms with Gasteiger partial charge >= 0.3 is 0 Å². The molecule has 0 radical (unpaired) electrons. The Labute approximate surface area is 253 Å². The molecule has 8 nitrogen and oxygen atoms in total. The molecule has 42 heavy (non-hydrogen) atoms. The number of benzene rings is 3. The summed E-state index contributed by atoms with van der Waals surface area (Å²) < 4.78 is 47.3. The van der Waals surface area contributed by atoms with Crippen molar-refractivity contribution in [3.8, 4) is 5.75 Å². The predicted molar refractivity (Wildman–Crippen MR) is 158 cm³/mol. The second-order valence-electron chi connectivity index (χ2n) is 9.07. The Morgan fingerprint density at radius 2 is 1.86 bits per heavy atom. The summed E-state index contributed by atoms with van der Waals surface area (Å²) in [5, 5.41) is 8.40. The number of aromatic nitrogens is 2. The van der Waals surface area contributed by atoms with E-state index in [4.69, 9.17) is 39.5 Å². The van der Waals surface area contributed by atoms with Crippen molar-refractivity contribution in [2.24, 2.45) is 7.05 Å². The lowest BCUT2D eigenvalue weighted by molar-refractivity contribution is -0.117. The molecule has 3 N–H and O–H groups in total. The normalized spacial score (nSPS) is 11.1. The molecule has 3 aromatic carbocycles. The van der Waals surface area contributed by atoms with Crippen LogP contribution in [0.5, 0.6) is 5.75 Å². The molecule has 4 aromatic rings. The van der Waals surface area contributed by atoms with Crippen LogP contribution in [0.4, 0.5) is 30.5 Å². The summed E-state index contributed by atoms with van der Waals surface area (Å²) in [6, 6.07) is 9.99. The number of fused-ring (bicyclic) bond motifs is 1. The van der Waals surface area contributed by atoms with Gasteiger partial charge in [0.15, 0.2) is 5.82 Å². The number of alkyl halides is 2. The highest BCUT2D eigenvalue weighted by atomic mass is 35.5. The molecule has 0 fully saturated rings. The molecule has 0 spiro atoms.